The Morgan fingerprint density at radius 1 is 1.30 bits per heavy atom. The maximum Gasteiger partial charge on any atom is 0.389 e. The monoisotopic (exact) mass is 210 g/mol. The van der Waals surface area contributed by atoms with E-state index in [1.807, 2.05) is 0 Å². The van der Waals surface area contributed by atoms with Crippen LogP contribution in [0.15, 0.2) is 0 Å². The second-order valence-corrected chi connectivity index (χ2v) is 4.78. The summed E-state index contributed by atoms with van der Waals surface area (Å²) in [7, 11) is 0.371. The molecule has 0 aromatic heterocycles. The fraction of sp³-hybridized carbons (Fsp3) is 1.00. The smallest absolute Gasteiger partial charge is 0.171 e. The SMILES string of the molecule is FC(F)(F)CC([SiH3])C(Cl)Cl. The Balaban J connectivity index is 3.68. The van der Waals surface area contributed by atoms with E-state index < -0.39 is 23.0 Å². The Hall–Kier alpha value is 0.587. The van der Waals surface area contributed by atoms with Gasteiger partial charge in [-0.15, -0.1) is 23.2 Å². The molecular formula is C4H7Cl2F3Si. The van der Waals surface area contributed by atoms with Gasteiger partial charge < -0.3 is 0 Å². The van der Waals surface area contributed by atoms with Crippen molar-refractivity contribution in [3.8, 4) is 0 Å². The fourth-order valence-electron chi connectivity index (χ4n) is 0.454. The molecular weight excluding hydrogens is 204 g/mol. The summed E-state index contributed by atoms with van der Waals surface area (Å²) in [5, 5.41) is 0. The molecule has 0 saturated heterocycles. The Labute approximate surface area is 70.1 Å². The number of rotatable bonds is 2. The number of alkyl halides is 5. The molecule has 6 heteroatoms. The van der Waals surface area contributed by atoms with Gasteiger partial charge in [0.25, 0.3) is 0 Å². The van der Waals surface area contributed by atoms with Crippen LogP contribution >= 0.6 is 23.2 Å². The zero-order valence-corrected chi connectivity index (χ0v) is 8.76. The highest BCUT2D eigenvalue weighted by Crippen LogP contribution is 2.31. The molecule has 0 aliphatic carbocycles. The second-order valence-electron chi connectivity index (χ2n) is 2.13. The van der Waals surface area contributed by atoms with Gasteiger partial charge in [-0.25, -0.2) is 0 Å². The molecule has 0 bridgehead atoms. The van der Waals surface area contributed by atoms with Crippen LogP contribution in [0.5, 0.6) is 0 Å². The maximum absolute atomic E-state index is 11.6. The average molecular weight is 211 g/mol. The van der Waals surface area contributed by atoms with Crippen molar-refractivity contribution >= 4 is 33.4 Å². The first kappa shape index (κ1) is 10.6. The third-order valence-electron chi connectivity index (χ3n) is 0.984. The van der Waals surface area contributed by atoms with Gasteiger partial charge >= 0.3 is 6.18 Å². The lowest BCUT2D eigenvalue weighted by Crippen LogP contribution is -2.15. The molecule has 0 radical (unpaired) electrons. The highest BCUT2D eigenvalue weighted by Gasteiger charge is 2.31. The molecule has 62 valence electrons. The summed E-state index contributed by atoms with van der Waals surface area (Å²) in [5.41, 5.74) is -0.594. The molecule has 0 rings (SSSR count). The molecule has 10 heavy (non-hydrogen) atoms. The van der Waals surface area contributed by atoms with E-state index in [0.717, 1.165) is 0 Å². The average Bonchev–Trinajstić information content (AvgIpc) is 1.60. The van der Waals surface area contributed by atoms with Gasteiger partial charge in [0.05, 0.1) is 0 Å². The number of hydrogen-bond acceptors (Lipinski definition) is 0. The van der Waals surface area contributed by atoms with Crippen LogP contribution in [0.1, 0.15) is 6.42 Å². The van der Waals surface area contributed by atoms with Gasteiger partial charge in [-0.2, -0.15) is 13.2 Å². The van der Waals surface area contributed by atoms with Gasteiger partial charge in [0.2, 0.25) is 0 Å². The second kappa shape index (κ2) is 3.83. The highest BCUT2D eigenvalue weighted by molar-refractivity contribution is 6.47. The van der Waals surface area contributed by atoms with Crippen molar-refractivity contribution in [2.45, 2.75) is 23.0 Å². The Bertz CT molecular complexity index is 103. The Kier molecular flexibility index (Phi) is 4.05. The molecule has 0 aliphatic rings. The van der Waals surface area contributed by atoms with Gasteiger partial charge in [0.1, 0.15) is 4.84 Å². The Morgan fingerprint density at radius 3 is 1.80 bits per heavy atom. The molecule has 0 nitrogen and oxygen atoms in total. The van der Waals surface area contributed by atoms with Crippen molar-refractivity contribution in [2.75, 3.05) is 0 Å². The van der Waals surface area contributed by atoms with Crippen molar-refractivity contribution in [2.24, 2.45) is 0 Å². The van der Waals surface area contributed by atoms with Crippen molar-refractivity contribution in [3.05, 3.63) is 0 Å². The molecule has 0 aromatic rings. The van der Waals surface area contributed by atoms with Crippen molar-refractivity contribution < 1.29 is 13.2 Å². The quantitative estimate of drug-likeness (QED) is 0.483. The Morgan fingerprint density at radius 2 is 1.70 bits per heavy atom. The lowest BCUT2D eigenvalue weighted by atomic mass is 10.3. The molecule has 0 aromatic carbocycles. The number of hydrogen-bond donors (Lipinski definition) is 0. The zero-order chi connectivity index (χ0) is 8.36. The predicted molar refractivity (Wildman–Crippen MR) is 39.9 cm³/mol. The third kappa shape index (κ3) is 5.38. The highest BCUT2D eigenvalue weighted by atomic mass is 35.5. The van der Waals surface area contributed by atoms with Crippen LogP contribution in [0.4, 0.5) is 13.2 Å². The van der Waals surface area contributed by atoms with Gasteiger partial charge in [0, 0.05) is 16.7 Å². The molecule has 1 unspecified atom stereocenters. The minimum atomic E-state index is -4.13. The van der Waals surface area contributed by atoms with Crippen LogP contribution in [0.2, 0.25) is 5.54 Å². The van der Waals surface area contributed by atoms with Crippen LogP contribution in [0.3, 0.4) is 0 Å². The minimum Gasteiger partial charge on any atom is -0.171 e. The maximum atomic E-state index is 11.6. The van der Waals surface area contributed by atoms with E-state index in [0.29, 0.717) is 10.2 Å². The van der Waals surface area contributed by atoms with E-state index in [9.17, 15) is 13.2 Å². The topological polar surface area (TPSA) is 0 Å². The van der Waals surface area contributed by atoms with E-state index in [2.05, 4.69) is 0 Å². The lowest BCUT2D eigenvalue weighted by Gasteiger charge is -2.13. The molecule has 1 atom stereocenters. The lowest BCUT2D eigenvalue weighted by molar-refractivity contribution is -0.134. The van der Waals surface area contributed by atoms with E-state index in [1.165, 1.54) is 0 Å². The third-order valence-corrected chi connectivity index (χ3v) is 3.76. The molecule has 0 saturated carbocycles. The summed E-state index contributed by atoms with van der Waals surface area (Å²) in [4.78, 5) is -0.881. The molecule has 0 amide bonds. The number of halogens is 5. The summed E-state index contributed by atoms with van der Waals surface area (Å²) in [6, 6.07) is 0. The van der Waals surface area contributed by atoms with Gasteiger partial charge in [-0.05, 0) is 5.54 Å². The van der Waals surface area contributed by atoms with Crippen molar-refractivity contribution in [1.29, 1.82) is 0 Å². The van der Waals surface area contributed by atoms with Crippen LogP contribution < -0.4 is 0 Å². The molecule has 0 heterocycles. The van der Waals surface area contributed by atoms with Gasteiger partial charge in [-0.1, -0.05) is 0 Å². The molecule has 0 spiro atoms. The summed E-state index contributed by atoms with van der Waals surface area (Å²) >= 11 is 10.5. The first-order chi connectivity index (χ1) is 4.33. The van der Waals surface area contributed by atoms with Crippen molar-refractivity contribution in [3.63, 3.8) is 0 Å². The summed E-state index contributed by atoms with van der Waals surface area (Å²) in [6.07, 6.45) is -4.99. The van der Waals surface area contributed by atoms with E-state index in [-0.39, 0.29) is 0 Å². The summed E-state index contributed by atoms with van der Waals surface area (Å²) in [6.45, 7) is 0. The van der Waals surface area contributed by atoms with E-state index in [4.69, 9.17) is 23.2 Å². The van der Waals surface area contributed by atoms with Gasteiger partial charge in [0.15, 0.2) is 0 Å². The van der Waals surface area contributed by atoms with Crippen LogP contribution in [-0.2, 0) is 0 Å². The molecule has 0 N–H and O–H groups in total. The van der Waals surface area contributed by atoms with E-state index >= 15 is 0 Å². The largest absolute Gasteiger partial charge is 0.389 e. The van der Waals surface area contributed by atoms with Crippen LogP contribution in [-0.4, -0.2) is 21.3 Å². The zero-order valence-electron chi connectivity index (χ0n) is 5.25. The summed E-state index contributed by atoms with van der Waals surface area (Å²) in [5.74, 6) is 0. The minimum absolute atomic E-state index is 0.371. The standard InChI is InChI=1S/C4H7Cl2F3Si/c5-3(6)2(10)1-4(7,8)9/h2-3H,1H2,10H3. The fourth-order valence-corrected chi connectivity index (χ4v) is 1.10. The first-order valence-electron chi connectivity index (χ1n) is 2.68. The van der Waals surface area contributed by atoms with Crippen molar-refractivity contribution in [1.82, 2.24) is 0 Å². The first-order valence-corrected chi connectivity index (χ1v) is 4.70. The summed E-state index contributed by atoms with van der Waals surface area (Å²) < 4.78 is 34.7. The molecule has 0 aliphatic heterocycles. The predicted octanol–water partition coefficient (Wildman–Crippen LogP) is 1.90. The van der Waals surface area contributed by atoms with Crippen LogP contribution in [0.25, 0.3) is 0 Å². The van der Waals surface area contributed by atoms with Crippen LogP contribution in [0, 0.1) is 0 Å². The molecule has 0 fully saturated rings. The van der Waals surface area contributed by atoms with E-state index in [1.54, 1.807) is 0 Å². The van der Waals surface area contributed by atoms with Gasteiger partial charge in [-0.3, -0.25) is 0 Å². The normalized spacial score (nSPS) is 16.2.